The Morgan fingerprint density at radius 2 is 0.829 bits per heavy atom. The predicted molar refractivity (Wildman–Crippen MR) is 147 cm³/mol. The molecule has 0 spiro atoms. The molecule has 0 bridgehead atoms. The maximum absolute atomic E-state index is 12.0. The van der Waals surface area contributed by atoms with Gasteiger partial charge >= 0.3 is 29.8 Å². The fraction of sp³-hybridized carbons (Fsp3) is 0.414. The molecule has 41 heavy (non-hydrogen) atoms. The van der Waals surface area contributed by atoms with Gasteiger partial charge in [0.1, 0.15) is 45.4 Å². The number of ether oxygens (including phenoxy) is 7. The van der Waals surface area contributed by atoms with Gasteiger partial charge in [-0.3, -0.25) is 4.79 Å². The van der Waals surface area contributed by atoms with Gasteiger partial charge in [0.05, 0.1) is 24.0 Å². The molecule has 0 aromatic rings. The summed E-state index contributed by atoms with van der Waals surface area (Å²) in [6.07, 6.45) is 5.13. The molecule has 0 radical (unpaired) electrons. The van der Waals surface area contributed by atoms with Crippen LogP contribution in [0.3, 0.4) is 0 Å². The minimum Gasteiger partial charge on any atom is -0.493 e. The summed E-state index contributed by atoms with van der Waals surface area (Å²) >= 11 is 0. The van der Waals surface area contributed by atoms with Crippen LogP contribution in [0.1, 0.15) is 13.3 Å². The highest BCUT2D eigenvalue weighted by Gasteiger charge is 2.40. The summed E-state index contributed by atoms with van der Waals surface area (Å²) in [6.45, 7) is 19.5. The molecular weight excluding hydrogens is 540 g/mol. The molecule has 0 saturated carbocycles. The van der Waals surface area contributed by atoms with Gasteiger partial charge in [0.25, 0.3) is 0 Å². The largest absolute Gasteiger partial charge is 0.493 e. The summed E-state index contributed by atoms with van der Waals surface area (Å²) in [5, 5.41) is 0. The van der Waals surface area contributed by atoms with Crippen molar-refractivity contribution in [2.75, 3.05) is 52.9 Å². The van der Waals surface area contributed by atoms with Crippen LogP contribution < -0.4 is 0 Å². The fourth-order valence-corrected chi connectivity index (χ4v) is 2.76. The van der Waals surface area contributed by atoms with E-state index in [4.69, 9.17) is 33.2 Å². The molecule has 0 N–H and O–H groups in total. The summed E-state index contributed by atoms with van der Waals surface area (Å²) < 4.78 is 37.7. The Labute approximate surface area is 239 Å². The molecule has 12 nitrogen and oxygen atoms in total. The van der Waals surface area contributed by atoms with E-state index in [-0.39, 0.29) is 51.8 Å². The van der Waals surface area contributed by atoms with E-state index < -0.39 is 53.9 Å². The zero-order valence-corrected chi connectivity index (χ0v) is 23.4. The molecule has 0 atom stereocenters. The number of hydrogen-bond donors (Lipinski definition) is 0. The Hall–Kier alpha value is -4.45. The highest BCUT2D eigenvalue weighted by Crippen LogP contribution is 2.26. The Morgan fingerprint density at radius 1 is 0.512 bits per heavy atom. The number of hydrogen-bond acceptors (Lipinski definition) is 12. The maximum atomic E-state index is 12.0. The highest BCUT2D eigenvalue weighted by atomic mass is 16.6. The number of rotatable bonds is 23. The second-order valence-corrected chi connectivity index (χ2v) is 8.71. The Kier molecular flexibility index (Phi) is 17.5. The molecule has 0 aromatic carbocycles. The van der Waals surface area contributed by atoms with Gasteiger partial charge in [-0.15, -0.1) is 0 Å². The van der Waals surface area contributed by atoms with Crippen molar-refractivity contribution in [3.05, 3.63) is 75.6 Å². The molecule has 0 aliphatic carbocycles. The predicted octanol–water partition coefficient (Wildman–Crippen LogP) is 2.56. The quantitative estimate of drug-likeness (QED) is 0.0576. The zero-order chi connectivity index (χ0) is 31.3. The summed E-state index contributed by atoms with van der Waals surface area (Å²) in [5.74, 6) is -3.50. The Morgan fingerprint density at radius 3 is 1.12 bits per heavy atom. The molecule has 12 heteroatoms. The van der Waals surface area contributed by atoms with E-state index in [1.165, 1.54) is 6.08 Å². The maximum Gasteiger partial charge on any atom is 0.330 e. The van der Waals surface area contributed by atoms with Crippen LogP contribution in [-0.2, 0) is 57.1 Å². The lowest BCUT2D eigenvalue weighted by Gasteiger charge is -2.35. The molecule has 0 fully saturated rings. The Bertz CT molecular complexity index is 910. The summed E-state index contributed by atoms with van der Waals surface area (Å²) in [4.78, 5) is 59.4. The van der Waals surface area contributed by atoms with Crippen LogP contribution in [0.5, 0.6) is 0 Å². The summed E-state index contributed by atoms with van der Waals surface area (Å²) in [6, 6.07) is 0. The van der Waals surface area contributed by atoms with Crippen molar-refractivity contribution in [3.63, 3.8) is 0 Å². The Balaban J connectivity index is 6.29. The molecule has 0 heterocycles. The second kappa shape index (κ2) is 19.6. The van der Waals surface area contributed by atoms with Crippen LogP contribution in [0.25, 0.3) is 0 Å². The standard InChI is InChI=1S/C29H38O12/c1-8-22(7)36-16-28(17-37-23(30)9-2,18-38-24(31)10-3)14-35-15-29(19-39-25(32)11-4,20-40-26(33)12-5)21-41-27(34)13-6/h8-12H,1-5,7,13-21H2,6H3. The first-order valence-electron chi connectivity index (χ1n) is 12.3. The number of esters is 5. The van der Waals surface area contributed by atoms with Crippen molar-refractivity contribution in [1.29, 1.82) is 0 Å². The molecule has 226 valence electrons. The highest BCUT2D eigenvalue weighted by molar-refractivity contribution is 5.82. The lowest BCUT2D eigenvalue weighted by atomic mass is 9.90. The summed E-state index contributed by atoms with van der Waals surface area (Å²) in [7, 11) is 0. The third kappa shape index (κ3) is 15.1. The van der Waals surface area contributed by atoms with Crippen molar-refractivity contribution in [3.8, 4) is 0 Å². The third-order valence-electron chi connectivity index (χ3n) is 5.19. The third-order valence-corrected chi connectivity index (χ3v) is 5.19. The molecule has 0 rings (SSSR count). The number of carbonyl (C=O) groups excluding carboxylic acids is 5. The van der Waals surface area contributed by atoms with E-state index in [2.05, 4.69) is 39.5 Å². The second-order valence-electron chi connectivity index (χ2n) is 8.71. The van der Waals surface area contributed by atoms with E-state index in [0.29, 0.717) is 0 Å². The van der Waals surface area contributed by atoms with Gasteiger partial charge in [-0.05, 0) is 6.08 Å². The first kappa shape index (κ1) is 36.5. The van der Waals surface area contributed by atoms with Crippen molar-refractivity contribution in [1.82, 2.24) is 0 Å². The van der Waals surface area contributed by atoms with Crippen LogP contribution in [0.2, 0.25) is 0 Å². The van der Waals surface area contributed by atoms with Gasteiger partial charge in [-0.25, -0.2) is 19.2 Å². The van der Waals surface area contributed by atoms with Gasteiger partial charge in [-0.1, -0.05) is 46.4 Å². The SMILES string of the molecule is C=CC(=C)OCC(COCC(COC(=O)C=C)(COC(=O)C=C)COC(=O)CC)(COC(=O)C=C)COC(=O)C=C. The molecule has 0 aliphatic rings. The molecule has 0 aliphatic heterocycles. The average Bonchev–Trinajstić information content (AvgIpc) is 3.00. The molecule has 0 amide bonds. The van der Waals surface area contributed by atoms with Crippen LogP contribution in [0.15, 0.2) is 75.6 Å². The van der Waals surface area contributed by atoms with E-state index in [0.717, 1.165) is 24.3 Å². The lowest BCUT2D eigenvalue weighted by molar-refractivity contribution is -0.168. The van der Waals surface area contributed by atoms with E-state index >= 15 is 0 Å². The van der Waals surface area contributed by atoms with Crippen LogP contribution in [0, 0.1) is 10.8 Å². The fourth-order valence-electron chi connectivity index (χ4n) is 2.76. The van der Waals surface area contributed by atoms with Crippen molar-refractivity contribution < 1.29 is 57.1 Å². The topological polar surface area (TPSA) is 150 Å². The van der Waals surface area contributed by atoms with E-state index in [9.17, 15) is 24.0 Å². The van der Waals surface area contributed by atoms with E-state index in [1.807, 2.05) is 0 Å². The van der Waals surface area contributed by atoms with Crippen molar-refractivity contribution in [2.24, 2.45) is 10.8 Å². The van der Waals surface area contributed by atoms with Crippen LogP contribution in [0.4, 0.5) is 0 Å². The molecule has 0 aromatic heterocycles. The van der Waals surface area contributed by atoms with Crippen LogP contribution >= 0.6 is 0 Å². The van der Waals surface area contributed by atoms with Crippen molar-refractivity contribution in [2.45, 2.75) is 13.3 Å². The minimum absolute atomic E-state index is 0.0484. The number of carbonyl (C=O) groups is 5. The summed E-state index contributed by atoms with van der Waals surface area (Å²) in [5.41, 5.74) is -2.71. The van der Waals surface area contributed by atoms with Crippen LogP contribution in [-0.4, -0.2) is 82.7 Å². The lowest BCUT2D eigenvalue weighted by Crippen LogP contribution is -2.46. The minimum atomic E-state index is -1.39. The molecule has 0 saturated heterocycles. The van der Waals surface area contributed by atoms with E-state index in [1.54, 1.807) is 6.92 Å². The van der Waals surface area contributed by atoms with Gasteiger partial charge in [0.15, 0.2) is 0 Å². The normalized spacial score (nSPS) is 10.7. The first-order valence-corrected chi connectivity index (χ1v) is 12.3. The van der Waals surface area contributed by atoms with Gasteiger partial charge in [0.2, 0.25) is 0 Å². The zero-order valence-electron chi connectivity index (χ0n) is 23.4. The number of allylic oxidation sites excluding steroid dienone is 1. The van der Waals surface area contributed by atoms with Gasteiger partial charge in [0, 0.05) is 30.7 Å². The first-order chi connectivity index (χ1) is 19.4. The molecular formula is C29H38O12. The van der Waals surface area contributed by atoms with Gasteiger partial charge in [-0.2, -0.15) is 0 Å². The van der Waals surface area contributed by atoms with Gasteiger partial charge < -0.3 is 33.2 Å². The van der Waals surface area contributed by atoms with Crippen molar-refractivity contribution >= 4 is 29.8 Å². The smallest absolute Gasteiger partial charge is 0.330 e. The monoisotopic (exact) mass is 578 g/mol. The molecule has 0 unspecified atom stereocenters. The average molecular weight is 579 g/mol.